The molecule has 0 amide bonds. The van der Waals surface area contributed by atoms with Crippen molar-refractivity contribution in [2.24, 2.45) is 35.0 Å². The van der Waals surface area contributed by atoms with E-state index in [-0.39, 0.29) is 10.7 Å². The van der Waals surface area contributed by atoms with E-state index in [0.717, 1.165) is 37.0 Å². The second kappa shape index (κ2) is 7.45. The standard InChI is InChI=1S/C24H35N3O2S/c1-23(28)9-7-18-17(11-23)3-4-20-19(18)8-10-24(2)21(20)5-6-22(24)30(29)15-27-14-16(12-25)13-26-27/h13-14,17-22,28H,3-11,15H2,1-2H3/t17-,18+,19-,20-,21+,22+,23-,24+,30?/m1/s1. The molecule has 4 aliphatic carbocycles. The molecule has 0 bridgehead atoms. The van der Waals surface area contributed by atoms with Crippen LogP contribution in [0.15, 0.2) is 12.4 Å². The predicted octanol–water partition coefficient (Wildman–Crippen LogP) is 4.23. The Balaban J connectivity index is 1.30. The van der Waals surface area contributed by atoms with E-state index in [4.69, 9.17) is 5.26 Å². The third-order valence-electron chi connectivity index (χ3n) is 9.49. The van der Waals surface area contributed by atoms with Gasteiger partial charge in [0.05, 0.1) is 17.4 Å². The van der Waals surface area contributed by atoms with Crippen molar-refractivity contribution in [3.8, 4) is 6.07 Å². The predicted molar refractivity (Wildman–Crippen MR) is 117 cm³/mol. The largest absolute Gasteiger partial charge is 0.390 e. The third kappa shape index (κ3) is 3.37. The fourth-order valence-corrected chi connectivity index (χ4v) is 10.1. The highest BCUT2D eigenvalue weighted by Crippen LogP contribution is 2.63. The fourth-order valence-electron chi connectivity index (χ4n) is 8.18. The lowest BCUT2D eigenvalue weighted by atomic mass is 9.50. The Morgan fingerprint density at radius 2 is 1.97 bits per heavy atom. The van der Waals surface area contributed by atoms with E-state index in [2.05, 4.69) is 18.1 Å². The molecular weight excluding hydrogens is 394 g/mol. The van der Waals surface area contributed by atoms with Crippen molar-refractivity contribution in [1.82, 2.24) is 9.78 Å². The molecule has 1 unspecified atom stereocenters. The minimum absolute atomic E-state index is 0.171. The maximum atomic E-state index is 13.4. The van der Waals surface area contributed by atoms with Gasteiger partial charge in [-0.1, -0.05) is 6.92 Å². The van der Waals surface area contributed by atoms with Gasteiger partial charge >= 0.3 is 0 Å². The number of hydrogen-bond donors (Lipinski definition) is 1. The topological polar surface area (TPSA) is 78.9 Å². The highest BCUT2D eigenvalue weighted by molar-refractivity contribution is 7.84. The van der Waals surface area contributed by atoms with Crippen LogP contribution in [0.3, 0.4) is 0 Å². The first-order valence-electron chi connectivity index (χ1n) is 11.8. The Labute approximate surface area is 182 Å². The Bertz CT molecular complexity index is 874. The van der Waals surface area contributed by atoms with Gasteiger partial charge in [-0.05, 0) is 99.7 Å². The van der Waals surface area contributed by atoms with Gasteiger partial charge in [-0.2, -0.15) is 10.4 Å². The number of rotatable bonds is 3. The van der Waals surface area contributed by atoms with Gasteiger partial charge in [0.2, 0.25) is 0 Å². The second-order valence-corrected chi connectivity index (χ2v) is 12.8. The summed E-state index contributed by atoms with van der Waals surface area (Å²) in [6.45, 7) is 4.45. The summed E-state index contributed by atoms with van der Waals surface area (Å²) >= 11 is 0. The normalized spacial score (nSPS) is 46.3. The van der Waals surface area contributed by atoms with E-state index in [9.17, 15) is 9.32 Å². The van der Waals surface area contributed by atoms with Crippen LogP contribution in [-0.2, 0) is 16.7 Å². The summed E-state index contributed by atoms with van der Waals surface area (Å²) in [6, 6.07) is 2.10. The lowest BCUT2D eigenvalue weighted by Crippen LogP contribution is -2.51. The fraction of sp³-hybridized carbons (Fsp3) is 0.833. The van der Waals surface area contributed by atoms with Gasteiger partial charge in [-0.25, -0.2) is 0 Å². The molecule has 5 nitrogen and oxygen atoms in total. The first-order valence-corrected chi connectivity index (χ1v) is 13.2. The first kappa shape index (κ1) is 20.7. The molecule has 1 N–H and O–H groups in total. The molecule has 1 aromatic rings. The number of aliphatic hydroxyl groups is 1. The van der Waals surface area contributed by atoms with Crippen molar-refractivity contribution in [2.45, 2.75) is 88.4 Å². The van der Waals surface area contributed by atoms with E-state index in [0.29, 0.717) is 23.3 Å². The molecule has 0 aromatic carbocycles. The van der Waals surface area contributed by atoms with E-state index in [1.165, 1.54) is 38.5 Å². The molecule has 30 heavy (non-hydrogen) atoms. The molecule has 1 aromatic heterocycles. The average molecular weight is 430 g/mol. The molecule has 5 rings (SSSR count). The van der Waals surface area contributed by atoms with Crippen LogP contribution < -0.4 is 0 Å². The summed E-state index contributed by atoms with van der Waals surface area (Å²) in [5, 5.41) is 24.1. The number of aromatic nitrogens is 2. The molecule has 0 radical (unpaired) electrons. The van der Waals surface area contributed by atoms with Crippen LogP contribution >= 0.6 is 0 Å². The van der Waals surface area contributed by atoms with E-state index in [1.807, 2.05) is 6.92 Å². The average Bonchev–Trinajstić information content (AvgIpc) is 3.30. The number of fused-ring (bicyclic) bond motifs is 5. The molecule has 4 saturated carbocycles. The SMILES string of the molecule is C[C@@]1(O)CC[C@H]2[C@H](CC[C@@H]3[C@@H]2CC[C@]2(C)[C@@H](S(=O)Cn4cc(C#N)cn4)CC[C@@H]32)C1. The monoisotopic (exact) mass is 429 g/mol. The minimum atomic E-state index is -0.965. The zero-order chi connectivity index (χ0) is 21.1. The molecule has 164 valence electrons. The van der Waals surface area contributed by atoms with Gasteiger partial charge in [-0.3, -0.25) is 8.89 Å². The Hall–Kier alpha value is -1.19. The zero-order valence-corrected chi connectivity index (χ0v) is 19.1. The van der Waals surface area contributed by atoms with Gasteiger partial charge in [0.15, 0.2) is 0 Å². The summed E-state index contributed by atoms with van der Waals surface area (Å²) in [5.74, 6) is 4.20. The summed E-state index contributed by atoms with van der Waals surface area (Å²) in [5.41, 5.74) is 0.251. The Morgan fingerprint density at radius 1 is 1.17 bits per heavy atom. The van der Waals surface area contributed by atoms with E-state index >= 15 is 0 Å². The lowest BCUT2D eigenvalue weighted by molar-refractivity contribution is -0.0933. The summed E-state index contributed by atoms with van der Waals surface area (Å²) in [7, 11) is -0.965. The minimum Gasteiger partial charge on any atom is -0.390 e. The van der Waals surface area contributed by atoms with E-state index < -0.39 is 16.4 Å². The molecule has 0 saturated heterocycles. The molecule has 0 spiro atoms. The maximum Gasteiger partial charge on any atom is 0.116 e. The van der Waals surface area contributed by atoms with Gasteiger partial charge in [0, 0.05) is 22.2 Å². The summed E-state index contributed by atoms with van der Waals surface area (Å²) in [4.78, 5) is 0. The molecule has 6 heteroatoms. The Kier molecular flexibility index (Phi) is 5.14. The van der Waals surface area contributed by atoms with Crippen LogP contribution in [0.5, 0.6) is 0 Å². The van der Waals surface area contributed by atoms with Crippen LogP contribution in [0.1, 0.15) is 77.2 Å². The van der Waals surface area contributed by atoms with Crippen molar-refractivity contribution in [1.29, 1.82) is 5.26 Å². The quantitative estimate of drug-likeness (QED) is 0.780. The highest BCUT2D eigenvalue weighted by atomic mass is 32.2. The smallest absolute Gasteiger partial charge is 0.116 e. The van der Waals surface area contributed by atoms with Crippen molar-refractivity contribution in [2.75, 3.05) is 0 Å². The number of nitriles is 1. The highest BCUT2D eigenvalue weighted by Gasteiger charge is 2.58. The van der Waals surface area contributed by atoms with Crippen molar-refractivity contribution < 1.29 is 9.32 Å². The third-order valence-corrected chi connectivity index (χ3v) is 11.4. The molecule has 4 aliphatic rings. The summed E-state index contributed by atoms with van der Waals surface area (Å²) in [6.07, 6.45) is 13.7. The lowest BCUT2D eigenvalue weighted by Gasteiger charge is -2.56. The zero-order valence-electron chi connectivity index (χ0n) is 18.3. The van der Waals surface area contributed by atoms with Crippen LogP contribution in [0, 0.1) is 46.3 Å². The molecule has 9 atom stereocenters. The second-order valence-electron chi connectivity index (χ2n) is 11.2. The van der Waals surface area contributed by atoms with Gasteiger partial charge in [-0.15, -0.1) is 0 Å². The maximum absolute atomic E-state index is 13.4. The summed E-state index contributed by atoms with van der Waals surface area (Å²) < 4.78 is 15.1. The van der Waals surface area contributed by atoms with Crippen LogP contribution in [-0.4, -0.2) is 29.9 Å². The molecule has 4 fully saturated rings. The van der Waals surface area contributed by atoms with Gasteiger partial charge < -0.3 is 5.11 Å². The van der Waals surface area contributed by atoms with Gasteiger partial charge in [0.25, 0.3) is 0 Å². The first-order chi connectivity index (χ1) is 14.3. The van der Waals surface area contributed by atoms with Crippen molar-refractivity contribution in [3.05, 3.63) is 18.0 Å². The van der Waals surface area contributed by atoms with E-state index in [1.54, 1.807) is 17.1 Å². The van der Waals surface area contributed by atoms with Crippen molar-refractivity contribution in [3.63, 3.8) is 0 Å². The number of hydrogen-bond acceptors (Lipinski definition) is 4. The van der Waals surface area contributed by atoms with Crippen LogP contribution in [0.25, 0.3) is 0 Å². The van der Waals surface area contributed by atoms with Crippen LogP contribution in [0.4, 0.5) is 0 Å². The number of nitrogens with zero attached hydrogens (tertiary/aromatic N) is 3. The molecule has 0 aliphatic heterocycles. The van der Waals surface area contributed by atoms with Gasteiger partial charge in [0.1, 0.15) is 11.9 Å². The van der Waals surface area contributed by atoms with Crippen molar-refractivity contribution >= 4 is 10.8 Å². The van der Waals surface area contributed by atoms with Crippen LogP contribution in [0.2, 0.25) is 0 Å². The molecular formula is C24H35N3O2S. The molecule has 1 heterocycles. The Morgan fingerprint density at radius 3 is 2.73 bits per heavy atom.